The lowest BCUT2D eigenvalue weighted by Crippen LogP contribution is -2.19. The molecule has 0 aromatic heterocycles. The largest absolute Gasteiger partial charge is 0.573 e. The Balaban J connectivity index is 1.86. The molecule has 0 aliphatic heterocycles. The molecule has 0 unspecified atom stereocenters. The fraction of sp³-hybridized carbons (Fsp3) is 0.556. The Morgan fingerprint density at radius 3 is 2.39 bits per heavy atom. The maximum atomic E-state index is 12.7. The Morgan fingerprint density at radius 1 is 1.09 bits per heavy atom. The lowest BCUT2D eigenvalue weighted by molar-refractivity contribution is -0.275. The van der Waals surface area contributed by atoms with E-state index in [1.807, 2.05) is 12.1 Å². The molecule has 0 amide bonds. The number of halogens is 3. The third kappa shape index (κ3) is 4.43. The summed E-state index contributed by atoms with van der Waals surface area (Å²) < 4.78 is 48.0. The highest BCUT2D eigenvalue weighted by Crippen LogP contribution is 2.40. The van der Waals surface area contributed by atoms with Crippen LogP contribution >= 0.6 is 0 Å². The van der Waals surface area contributed by atoms with Gasteiger partial charge in [0, 0.05) is 5.56 Å². The number of alkyl halides is 3. The summed E-state index contributed by atoms with van der Waals surface area (Å²) in [7, 11) is 0. The summed E-state index contributed by atoms with van der Waals surface area (Å²) >= 11 is 0. The Labute approximate surface area is 134 Å². The lowest BCUT2D eigenvalue weighted by Gasteiger charge is -2.17. The van der Waals surface area contributed by atoms with Crippen molar-refractivity contribution in [1.82, 2.24) is 0 Å². The molecule has 1 aromatic carbocycles. The molecule has 2 aliphatic rings. The summed E-state index contributed by atoms with van der Waals surface area (Å²) in [6, 6.07) is 3.39. The van der Waals surface area contributed by atoms with E-state index in [0.717, 1.165) is 31.2 Å². The van der Waals surface area contributed by atoms with Crippen LogP contribution in [0.1, 0.15) is 49.7 Å². The van der Waals surface area contributed by atoms with Gasteiger partial charge in [-0.15, -0.1) is 13.2 Å². The normalized spacial score (nSPS) is 19.5. The van der Waals surface area contributed by atoms with Gasteiger partial charge < -0.3 is 9.47 Å². The van der Waals surface area contributed by atoms with Crippen LogP contribution in [0.25, 0.3) is 6.08 Å². The molecule has 0 atom stereocenters. The van der Waals surface area contributed by atoms with Gasteiger partial charge in [-0.3, -0.25) is 0 Å². The summed E-state index contributed by atoms with van der Waals surface area (Å²) in [5.74, 6) is 0.502. The Bertz CT molecular complexity index is 583. The van der Waals surface area contributed by atoms with Crippen molar-refractivity contribution in [2.45, 2.75) is 57.9 Å². The van der Waals surface area contributed by atoms with Gasteiger partial charge >= 0.3 is 6.36 Å². The quantitative estimate of drug-likeness (QED) is 0.697. The van der Waals surface area contributed by atoms with E-state index in [4.69, 9.17) is 4.74 Å². The van der Waals surface area contributed by atoms with Crippen LogP contribution < -0.4 is 9.47 Å². The number of ether oxygens (including phenoxy) is 2. The summed E-state index contributed by atoms with van der Waals surface area (Å²) in [6.07, 6.45) is 5.85. The van der Waals surface area contributed by atoms with E-state index in [0.29, 0.717) is 11.5 Å². The molecule has 0 N–H and O–H groups in total. The Kier molecular flexibility index (Phi) is 4.55. The second-order valence-electron chi connectivity index (χ2n) is 6.38. The zero-order chi connectivity index (χ0) is 16.4. The SMILES string of the molecule is Cc1c(/C=C/C2CCCC2)ccc(OC2CC2)c1OC(F)(F)F. The van der Waals surface area contributed by atoms with Crippen LogP contribution in [0.4, 0.5) is 13.2 Å². The van der Waals surface area contributed by atoms with Crippen LogP contribution in [0.2, 0.25) is 0 Å². The fourth-order valence-corrected chi connectivity index (χ4v) is 2.95. The van der Waals surface area contributed by atoms with Crippen molar-refractivity contribution >= 4 is 6.08 Å². The van der Waals surface area contributed by atoms with Crippen molar-refractivity contribution in [1.29, 1.82) is 0 Å². The number of benzene rings is 1. The van der Waals surface area contributed by atoms with Crippen LogP contribution in [0.5, 0.6) is 11.5 Å². The van der Waals surface area contributed by atoms with Gasteiger partial charge in [-0.05, 0) is 50.2 Å². The van der Waals surface area contributed by atoms with Crippen molar-refractivity contribution < 1.29 is 22.6 Å². The van der Waals surface area contributed by atoms with Crippen LogP contribution in [0.15, 0.2) is 18.2 Å². The molecule has 3 rings (SSSR count). The maximum absolute atomic E-state index is 12.7. The first kappa shape index (κ1) is 16.2. The van der Waals surface area contributed by atoms with Gasteiger partial charge in [0.15, 0.2) is 11.5 Å². The van der Waals surface area contributed by atoms with Crippen molar-refractivity contribution in [2.75, 3.05) is 0 Å². The standard InChI is InChI=1S/C18H21F3O2/c1-12-14(7-6-13-4-2-3-5-13)8-11-16(22-15-9-10-15)17(12)23-18(19,20)21/h6-8,11,13,15H,2-5,9-10H2,1H3/b7-6+. The van der Waals surface area contributed by atoms with E-state index in [2.05, 4.69) is 10.8 Å². The molecule has 2 nitrogen and oxygen atoms in total. The van der Waals surface area contributed by atoms with Crippen LogP contribution in [-0.4, -0.2) is 12.5 Å². The van der Waals surface area contributed by atoms with Gasteiger partial charge in [0.2, 0.25) is 0 Å². The van der Waals surface area contributed by atoms with Gasteiger partial charge in [0.25, 0.3) is 0 Å². The molecular weight excluding hydrogens is 305 g/mol. The highest BCUT2D eigenvalue weighted by atomic mass is 19.4. The highest BCUT2D eigenvalue weighted by molar-refractivity contribution is 5.62. The second kappa shape index (κ2) is 6.46. The molecule has 5 heteroatoms. The predicted octanol–water partition coefficient (Wildman–Crippen LogP) is 5.64. The zero-order valence-corrected chi connectivity index (χ0v) is 13.2. The van der Waals surface area contributed by atoms with Gasteiger partial charge in [-0.25, -0.2) is 0 Å². The summed E-state index contributed by atoms with van der Waals surface area (Å²) in [6.45, 7) is 1.65. The molecule has 0 saturated heterocycles. The van der Waals surface area contributed by atoms with Gasteiger partial charge in [0.1, 0.15) is 0 Å². The van der Waals surface area contributed by atoms with Crippen molar-refractivity contribution in [3.05, 3.63) is 29.3 Å². The Hall–Kier alpha value is -1.65. The first-order chi connectivity index (χ1) is 10.9. The third-order valence-corrected chi connectivity index (χ3v) is 4.40. The first-order valence-electron chi connectivity index (χ1n) is 8.16. The van der Waals surface area contributed by atoms with E-state index in [-0.39, 0.29) is 17.6 Å². The molecule has 0 spiro atoms. The van der Waals surface area contributed by atoms with Gasteiger partial charge in [0.05, 0.1) is 6.10 Å². The molecule has 2 saturated carbocycles. The van der Waals surface area contributed by atoms with Crippen LogP contribution in [-0.2, 0) is 0 Å². The number of hydrogen-bond donors (Lipinski definition) is 0. The van der Waals surface area contributed by atoms with E-state index in [1.165, 1.54) is 12.8 Å². The monoisotopic (exact) mass is 326 g/mol. The summed E-state index contributed by atoms with van der Waals surface area (Å²) in [5.41, 5.74) is 1.22. The smallest absolute Gasteiger partial charge is 0.487 e. The lowest BCUT2D eigenvalue weighted by atomic mass is 10.0. The topological polar surface area (TPSA) is 18.5 Å². The maximum Gasteiger partial charge on any atom is 0.573 e. The predicted molar refractivity (Wildman–Crippen MR) is 82.5 cm³/mol. The van der Waals surface area contributed by atoms with E-state index in [9.17, 15) is 13.2 Å². The molecule has 126 valence electrons. The summed E-state index contributed by atoms with van der Waals surface area (Å²) in [4.78, 5) is 0. The molecule has 2 fully saturated rings. The van der Waals surface area contributed by atoms with Crippen molar-refractivity contribution in [2.24, 2.45) is 5.92 Å². The molecule has 0 heterocycles. The number of hydrogen-bond acceptors (Lipinski definition) is 2. The van der Waals surface area contributed by atoms with Crippen molar-refractivity contribution in [3.63, 3.8) is 0 Å². The number of rotatable bonds is 5. The molecular formula is C18H21F3O2. The zero-order valence-electron chi connectivity index (χ0n) is 13.2. The van der Waals surface area contributed by atoms with E-state index < -0.39 is 6.36 Å². The second-order valence-corrected chi connectivity index (χ2v) is 6.38. The van der Waals surface area contributed by atoms with Gasteiger partial charge in [-0.2, -0.15) is 0 Å². The fourth-order valence-electron chi connectivity index (χ4n) is 2.95. The first-order valence-corrected chi connectivity index (χ1v) is 8.16. The molecule has 0 bridgehead atoms. The molecule has 1 aromatic rings. The number of allylic oxidation sites excluding steroid dienone is 1. The van der Waals surface area contributed by atoms with E-state index in [1.54, 1.807) is 13.0 Å². The molecule has 2 aliphatic carbocycles. The minimum atomic E-state index is -4.72. The average molecular weight is 326 g/mol. The average Bonchev–Trinajstić information content (AvgIpc) is 3.13. The van der Waals surface area contributed by atoms with Gasteiger partial charge in [-0.1, -0.05) is 31.1 Å². The highest BCUT2D eigenvalue weighted by Gasteiger charge is 2.35. The summed E-state index contributed by atoms with van der Waals surface area (Å²) in [5, 5.41) is 0. The van der Waals surface area contributed by atoms with Crippen LogP contribution in [0, 0.1) is 12.8 Å². The molecule has 0 radical (unpaired) electrons. The minimum absolute atomic E-state index is 0.0184. The minimum Gasteiger partial charge on any atom is -0.487 e. The van der Waals surface area contributed by atoms with Crippen molar-refractivity contribution in [3.8, 4) is 11.5 Å². The molecule has 23 heavy (non-hydrogen) atoms. The third-order valence-electron chi connectivity index (χ3n) is 4.40. The van der Waals surface area contributed by atoms with Crippen LogP contribution in [0.3, 0.4) is 0 Å². The Morgan fingerprint density at radius 2 is 1.78 bits per heavy atom. The van der Waals surface area contributed by atoms with E-state index >= 15 is 0 Å².